The van der Waals surface area contributed by atoms with Gasteiger partial charge in [-0.15, -0.1) is 0 Å². The van der Waals surface area contributed by atoms with Gasteiger partial charge >= 0.3 is 0 Å². The Hall–Kier alpha value is -0.770. The molecule has 0 spiro atoms. The largest absolute Gasteiger partial charge is 0.341 e. The molecule has 1 atom stereocenters. The summed E-state index contributed by atoms with van der Waals surface area (Å²) in [6, 6.07) is 3.66. The summed E-state index contributed by atoms with van der Waals surface area (Å²) in [5, 5.41) is 4.54. The second-order valence-electron chi connectivity index (χ2n) is 5.21. The summed E-state index contributed by atoms with van der Waals surface area (Å²) < 4.78 is 0. The number of aromatic nitrogens is 2. The minimum absolute atomic E-state index is 0.0657. The molecule has 1 unspecified atom stereocenters. The smallest absolute Gasteiger partial charge is 0.114 e. The van der Waals surface area contributed by atoms with Crippen molar-refractivity contribution in [2.45, 2.75) is 25.2 Å². The number of halogens is 2. The van der Waals surface area contributed by atoms with Gasteiger partial charge in [-0.2, -0.15) is 0 Å². The van der Waals surface area contributed by atoms with Crippen molar-refractivity contribution in [3.05, 3.63) is 28.0 Å². The molecule has 1 saturated heterocycles. The van der Waals surface area contributed by atoms with Crippen molar-refractivity contribution >= 4 is 34.2 Å². The fourth-order valence-corrected chi connectivity index (χ4v) is 2.87. The van der Waals surface area contributed by atoms with Crippen LogP contribution in [0.2, 0.25) is 10.0 Å². The van der Waals surface area contributed by atoms with Gasteiger partial charge in [0.25, 0.3) is 0 Å². The molecular formula is C13H15Cl2N3. The monoisotopic (exact) mass is 283 g/mol. The van der Waals surface area contributed by atoms with E-state index in [2.05, 4.69) is 22.2 Å². The van der Waals surface area contributed by atoms with Crippen molar-refractivity contribution in [3.63, 3.8) is 0 Å². The molecule has 0 saturated carbocycles. The molecule has 18 heavy (non-hydrogen) atoms. The van der Waals surface area contributed by atoms with Gasteiger partial charge in [0.15, 0.2) is 0 Å². The Morgan fingerprint density at radius 1 is 1.28 bits per heavy atom. The number of hydrogen-bond donors (Lipinski definition) is 2. The molecule has 2 heterocycles. The maximum atomic E-state index is 6.03. The number of fused-ring (bicyclic) bond motifs is 1. The maximum absolute atomic E-state index is 6.03. The summed E-state index contributed by atoms with van der Waals surface area (Å²) in [6.45, 7) is 4.28. The molecule has 2 aromatic rings. The normalized spacial score (nSPS) is 24.6. The summed E-state index contributed by atoms with van der Waals surface area (Å²) in [6.07, 6.45) is 2.32. The molecule has 0 bridgehead atoms. The lowest BCUT2D eigenvalue weighted by molar-refractivity contribution is 0.326. The zero-order valence-electron chi connectivity index (χ0n) is 10.2. The van der Waals surface area contributed by atoms with Gasteiger partial charge in [-0.3, -0.25) is 0 Å². The van der Waals surface area contributed by atoms with Crippen LogP contribution in [0.25, 0.3) is 11.0 Å². The Labute approximate surface area is 116 Å². The number of hydrogen-bond acceptors (Lipinski definition) is 2. The summed E-state index contributed by atoms with van der Waals surface area (Å²) in [4.78, 5) is 8.05. The first kappa shape index (κ1) is 12.3. The Kier molecular flexibility index (Phi) is 3.00. The van der Waals surface area contributed by atoms with E-state index in [1.165, 1.54) is 6.42 Å². The van der Waals surface area contributed by atoms with Gasteiger partial charge in [0, 0.05) is 12.0 Å². The molecule has 1 fully saturated rings. The molecule has 5 heteroatoms. The predicted molar refractivity (Wildman–Crippen MR) is 75.6 cm³/mol. The van der Waals surface area contributed by atoms with E-state index < -0.39 is 0 Å². The summed E-state index contributed by atoms with van der Waals surface area (Å²) >= 11 is 12.0. The minimum Gasteiger partial charge on any atom is -0.341 e. The molecule has 1 aliphatic rings. The number of aromatic amines is 1. The minimum atomic E-state index is 0.0657. The number of nitrogens with zero attached hydrogens (tertiary/aromatic N) is 1. The average molecular weight is 284 g/mol. The summed E-state index contributed by atoms with van der Waals surface area (Å²) in [5.41, 5.74) is 1.90. The molecule has 3 rings (SSSR count). The number of H-pyrrole nitrogens is 1. The summed E-state index contributed by atoms with van der Waals surface area (Å²) in [7, 11) is 0. The van der Waals surface area contributed by atoms with E-state index in [0.29, 0.717) is 10.0 Å². The van der Waals surface area contributed by atoms with Crippen LogP contribution in [0.1, 0.15) is 25.6 Å². The molecule has 2 N–H and O–H groups in total. The number of rotatable bonds is 1. The zero-order valence-corrected chi connectivity index (χ0v) is 11.7. The van der Waals surface area contributed by atoms with Gasteiger partial charge < -0.3 is 10.3 Å². The van der Waals surface area contributed by atoms with E-state index in [4.69, 9.17) is 23.2 Å². The van der Waals surface area contributed by atoms with Gasteiger partial charge in [0.1, 0.15) is 5.82 Å². The van der Waals surface area contributed by atoms with E-state index >= 15 is 0 Å². The van der Waals surface area contributed by atoms with Crippen molar-refractivity contribution in [3.8, 4) is 0 Å². The molecule has 1 aromatic heterocycles. The van der Waals surface area contributed by atoms with Crippen LogP contribution in [0.15, 0.2) is 12.1 Å². The van der Waals surface area contributed by atoms with Crippen LogP contribution >= 0.6 is 23.2 Å². The third-order valence-electron chi connectivity index (χ3n) is 3.69. The zero-order chi connectivity index (χ0) is 12.8. The van der Waals surface area contributed by atoms with E-state index in [1.807, 2.05) is 12.1 Å². The third kappa shape index (κ3) is 2.00. The lowest BCUT2D eigenvalue weighted by atomic mass is 9.82. The maximum Gasteiger partial charge on any atom is 0.114 e. The van der Waals surface area contributed by atoms with Crippen LogP contribution in [0, 0.1) is 0 Å². The van der Waals surface area contributed by atoms with Crippen LogP contribution in [0.3, 0.4) is 0 Å². The first-order chi connectivity index (χ1) is 8.58. The summed E-state index contributed by atoms with van der Waals surface area (Å²) in [5.74, 6) is 1.02. The SMILES string of the molecule is CC1(c2nc3cc(Cl)c(Cl)cc3[nH]2)CCCNC1. The van der Waals surface area contributed by atoms with E-state index in [-0.39, 0.29) is 5.41 Å². The van der Waals surface area contributed by atoms with Crippen molar-refractivity contribution in [2.24, 2.45) is 0 Å². The third-order valence-corrected chi connectivity index (χ3v) is 4.42. The predicted octanol–water partition coefficient (Wildman–Crippen LogP) is 3.51. The average Bonchev–Trinajstić information content (AvgIpc) is 2.74. The van der Waals surface area contributed by atoms with Crippen molar-refractivity contribution in [1.29, 1.82) is 0 Å². The fraction of sp³-hybridized carbons (Fsp3) is 0.462. The number of imidazole rings is 1. The highest BCUT2D eigenvalue weighted by Gasteiger charge is 2.31. The lowest BCUT2D eigenvalue weighted by Gasteiger charge is -2.32. The van der Waals surface area contributed by atoms with E-state index in [9.17, 15) is 0 Å². The van der Waals surface area contributed by atoms with Gasteiger partial charge in [-0.05, 0) is 31.5 Å². The van der Waals surface area contributed by atoms with E-state index in [1.54, 1.807) is 0 Å². The van der Waals surface area contributed by atoms with Gasteiger partial charge in [0.2, 0.25) is 0 Å². The molecule has 0 radical (unpaired) electrons. The first-order valence-electron chi connectivity index (χ1n) is 6.14. The number of benzene rings is 1. The number of nitrogens with one attached hydrogen (secondary N) is 2. The van der Waals surface area contributed by atoms with E-state index in [0.717, 1.165) is 36.4 Å². The van der Waals surface area contributed by atoms with Crippen molar-refractivity contribution in [2.75, 3.05) is 13.1 Å². The van der Waals surface area contributed by atoms with Crippen LogP contribution < -0.4 is 5.32 Å². The Bertz CT molecular complexity index is 546. The fourth-order valence-electron chi connectivity index (χ4n) is 2.55. The van der Waals surface area contributed by atoms with Gasteiger partial charge in [-0.1, -0.05) is 30.1 Å². The van der Waals surface area contributed by atoms with Gasteiger partial charge in [-0.25, -0.2) is 4.98 Å². The topological polar surface area (TPSA) is 40.7 Å². The molecule has 1 aromatic carbocycles. The Balaban J connectivity index is 2.07. The number of piperidine rings is 1. The van der Waals surface area contributed by atoms with Crippen molar-refractivity contribution in [1.82, 2.24) is 15.3 Å². The molecular weight excluding hydrogens is 269 g/mol. The van der Waals surface area contributed by atoms with Gasteiger partial charge in [0.05, 0.1) is 21.1 Å². The standard InChI is InChI=1S/C13H15Cl2N3/c1-13(3-2-4-16-7-13)12-17-10-5-8(14)9(15)6-11(10)18-12/h5-6,16H,2-4,7H2,1H3,(H,17,18). The van der Waals surface area contributed by atoms with Crippen LogP contribution in [0.4, 0.5) is 0 Å². The van der Waals surface area contributed by atoms with Crippen LogP contribution in [-0.2, 0) is 5.41 Å². The highest BCUT2D eigenvalue weighted by Crippen LogP contribution is 2.32. The Morgan fingerprint density at radius 3 is 2.78 bits per heavy atom. The van der Waals surface area contributed by atoms with Crippen LogP contribution in [0.5, 0.6) is 0 Å². The highest BCUT2D eigenvalue weighted by molar-refractivity contribution is 6.42. The molecule has 3 nitrogen and oxygen atoms in total. The molecule has 0 amide bonds. The van der Waals surface area contributed by atoms with Crippen LogP contribution in [-0.4, -0.2) is 23.1 Å². The molecule has 1 aliphatic heterocycles. The molecule has 0 aliphatic carbocycles. The Morgan fingerprint density at radius 2 is 2.06 bits per heavy atom. The highest BCUT2D eigenvalue weighted by atomic mass is 35.5. The second kappa shape index (κ2) is 4.41. The van der Waals surface area contributed by atoms with Crippen molar-refractivity contribution < 1.29 is 0 Å². The second-order valence-corrected chi connectivity index (χ2v) is 6.02. The molecule has 96 valence electrons. The first-order valence-corrected chi connectivity index (χ1v) is 6.90. The lowest BCUT2D eigenvalue weighted by Crippen LogP contribution is -2.41. The quantitative estimate of drug-likeness (QED) is 0.841.